The van der Waals surface area contributed by atoms with Crippen LogP contribution in [0.2, 0.25) is 0 Å². The molecule has 0 N–H and O–H groups in total. The Morgan fingerprint density at radius 3 is 2.58 bits per heavy atom. The van der Waals surface area contributed by atoms with Gasteiger partial charge in [-0.15, -0.1) is 0 Å². The van der Waals surface area contributed by atoms with Gasteiger partial charge < -0.3 is 4.52 Å². The van der Waals surface area contributed by atoms with Crippen molar-refractivity contribution < 1.29 is 4.52 Å². The Kier molecular flexibility index (Phi) is 3.51. The zero-order valence-electron chi connectivity index (χ0n) is 9.93. The first-order valence-corrected chi connectivity index (χ1v) is 6.68. The molecule has 0 amide bonds. The lowest BCUT2D eigenvalue weighted by Crippen LogP contribution is -1.86. The minimum atomic E-state index is 0.559. The van der Waals surface area contributed by atoms with Crippen molar-refractivity contribution in [2.45, 2.75) is 10.9 Å². The van der Waals surface area contributed by atoms with Gasteiger partial charge in [0.05, 0.1) is 5.75 Å². The lowest BCUT2D eigenvalue weighted by molar-refractivity contribution is 0.391. The molecule has 0 bridgehead atoms. The predicted octanol–water partition coefficient (Wildman–Crippen LogP) is 2.82. The van der Waals surface area contributed by atoms with E-state index in [4.69, 9.17) is 4.52 Å². The van der Waals surface area contributed by atoms with Crippen LogP contribution in [-0.4, -0.2) is 20.1 Å². The van der Waals surface area contributed by atoms with E-state index in [-0.39, 0.29) is 0 Å². The molecule has 3 aromatic rings. The summed E-state index contributed by atoms with van der Waals surface area (Å²) in [6.07, 6.45) is 3.41. The van der Waals surface area contributed by atoms with Gasteiger partial charge in [-0.2, -0.15) is 4.98 Å². The Morgan fingerprint density at radius 1 is 1.00 bits per heavy atom. The van der Waals surface area contributed by atoms with Crippen molar-refractivity contribution in [1.82, 2.24) is 20.1 Å². The van der Waals surface area contributed by atoms with Crippen LogP contribution in [0, 0.1) is 0 Å². The van der Waals surface area contributed by atoms with Crippen LogP contribution in [0.15, 0.2) is 58.5 Å². The molecule has 0 unspecified atom stereocenters. The normalized spacial score (nSPS) is 10.5. The molecule has 0 aliphatic heterocycles. The molecule has 0 spiro atoms. The topological polar surface area (TPSA) is 64.7 Å². The number of nitrogens with zero attached hydrogens (tertiary/aromatic N) is 4. The number of rotatable bonds is 4. The molecule has 0 aliphatic carbocycles. The smallest absolute Gasteiger partial charge is 0.237 e. The van der Waals surface area contributed by atoms with E-state index in [0.29, 0.717) is 22.6 Å². The summed E-state index contributed by atoms with van der Waals surface area (Å²) in [7, 11) is 0. The first-order valence-electron chi connectivity index (χ1n) is 5.69. The minimum absolute atomic E-state index is 0.559. The summed E-state index contributed by atoms with van der Waals surface area (Å²) in [6.45, 7) is 0. The zero-order valence-corrected chi connectivity index (χ0v) is 10.7. The summed E-state index contributed by atoms with van der Waals surface area (Å²) < 4.78 is 5.20. The highest BCUT2D eigenvalue weighted by Crippen LogP contribution is 2.20. The van der Waals surface area contributed by atoms with Crippen LogP contribution in [0.4, 0.5) is 0 Å². The first kappa shape index (κ1) is 11.9. The molecule has 6 heteroatoms. The van der Waals surface area contributed by atoms with Gasteiger partial charge in [0.1, 0.15) is 0 Å². The first-order chi connectivity index (χ1) is 9.42. The molecule has 0 radical (unpaired) electrons. The summed E-state index contributed by atoms with van der Waals surface area (Å²) in [5, 5.41) is 4.65. The second kappa shape index (κ2) is 5.62. The largest absolute Gasteiger partial charge is 0.338 e. The third-order valence-electron chi connectivity index (χ3n) is 2.37. The molecule has 0 atom stereocenters. The van der Waals surface area contributed by atoms with Crippen LogP contribution in [-0.2, 0) is 5.75 Å². The molecule has 94 valence electrons. The Bertz CT molecular complexity index is 642. The maximum absolute atomic E-state index is 5.20. The van der Waals surface area contributed by atoms with Crippen molar-refractivity contribution in [1.29, 1.82) is 0 Å². The van der Waals surface area contributed by atoms with Gasteiger partial charge in [0.2, 0.25) is 11.7 Å². The molecule has 2 heterocycles. The molecular formula is C13H10N4OS. The fraction of sp³-hybridized carbons (Fsp3) is 0.0769. The molecule has 0 aliphatic rings. The molecular weight excluding hydrogens is 260 g/mol. The van der Waals surface area contributed by atoms with E-state index in [0.717, 1.165) is 5.56 Å². The van der Waals surface area contributed by atoms with Crippen molar-refractivity contribution in [3.05, 3.63) is 54.7 Å². The minimum Gasteiger partial charge on any atom is -0.338 e. The second-order valence-electron chi connectivity index (χ2n) is 3.70. The van der Waals surface area contributed by atoms with Crippen LogP contribution in [0.3, 0.4) is 0 Å². The van der Waals surface area contributed by atoms with Gasteiger partial charge >= 0.3 is 0 Å². The monoisotopic (exact) mass is 270 g/mol. The van der Waals surface area contributed by atoms with Gasteiger partial charge in [-0.1, -0.05) is 47.3 Å². The highest BCUT2D eigenvalue weighted by molar-refractivity contribution is 7.98. The van der Waals surface area contributed by atoms with Crippen LogP contribution in [0.1, 0.15) is 5.89 Å². The highest BCUT2D eigenvalue weighted by Gasteiger charge is 2.09. The summed E-state index contributed by atoms with van der Waals surface area (Å²) in [4.78, 5) is 12.6. The summed E-state index contributed by atoms with van der Waals surface area (Å²) in [6, 6.07) is 11.5. The lowest BCUT2D eigenvalue weighted by Gasteiger charge is -1.94. The molecule has 2 aromatic heterocycles. The van der Waals surface area contributed by atoms with Gasteiger partial charge in [0.15, 0.2) is 5.16 Å². The van der Waals surface area contributed by atoms with Gasteiger partial charge in [-0.05, 0) is 6.07 Å². The van der Waals surface area contributed by atoms with Crippen molar-refractivity contribution in [3.8, 4) is 11.4 Å². The average Bonchev–Trinajstić information content (AvgIpc) is 2.96. The number of hydrogen-bond acceptors (Lipinski definition) is 6. The average molecular weight is 270 g/mol. The summed E-state index contributed by atoms with van der Waals surface area (Å²) >= 11 is 1.46. The van der Waals surface area contributed by atoms with Crippen molar-refractivity contribution in [3.63, 3.8) is 0 Å². The van der Waals surface area contributed by atoms with Crippen LogP contribution < -0.4 is 0 Å². The van der Waals surface area contributed by atoms with Crippen molar-refractivity contribution in [2.75, 3.05) is 0 Å². The number of aromatic nitrogens is 4. The van der Waals surface area contributed by atoms with Crippen LogP contribution >= 0.6 is 11.8 Å². The summed E-state index contributed by atoms with van der Waals surface area (Å²) in [5.41, 5.74) is 0.943. The molecule has 5 nitrogen and oxygen atoms in total. The second-order valence-corrected chi connectivity index (χ2v) is 4.64. The van der Waals surface area contributed by atoms with Crippen LogP contribution in [0.5, 0.6) is 0 Å². The van der Waals surface area contributed by atoms with E-state index in [1.165, 1.54) is 11.8 Å². The maximum atomic E-state index is 5.20. The summed E-state index contributed by atoms with van der Waals surface area (Å²) in [5.74, 6) is 1.73. The van der Waals surface area contributed by atoms with Gasteiger partial charge in [-0.3, -0.25) is 0 Å². The Morgan fingerprint density at radius 2 is 1.79 bits per heavy atom. The number of benzene rings is 1. The third kappa shape index (κ3) is 2.97. The van der Waals surface area contributed by atoms with Crippen molar-refractivity contribution >= 4 is 11.8 Å². The maximum Gasteiger partial charge on any atom is 0.237 e. The fourth-order valence-corrected chi connectivity index (χ4v) is 2.14. The van der Waals surface area contributed by atoms with Crippen LogP contribution in [0.25, 0.3) is 11.4 Å². The van der Waals surface area contributed by atoms with Gasteiger partial charge in [0, 0.05) is 18.0 Å². The zero-order chi connectivity index (χ0) is 12.9. The van der Waals surface area contributed by atoms with E-state index in [2.05, 4.69) is 20.1 Å². The molecule has 19 heavy (non-hydrogen) atoms. The van der Waals surface area contributed by atoms with E-state index in [1.54, 1.807) is 18.5 Å². The molecule has 0 saturated carbocycles. The van der Waals surface area contributed by atoms with E-state index in [1.807, 2.05) is 30.3 Å². The Balaban J connectivity index is 1.69. The Labute approximate surface area is 114 Å². The number of hydrogen-bond donors (Lipinski definition) is 0. The molecule has 3 rings (SSSR count). The van der Waals surface area contributed by atoms with E-state index >= 15 is 0 Å². The lowest BCUT2D eigenvalue weighted by atomic mass is 10.2. The quantitative estimate of drug-likeness (QED) is 0.536. The van der Waals surface area contributed by atoms with Gasteiger partial charge in [0.25, 0.3) is 0 Å². The van der Waals surface area contributed by atoms with E-state index < -0.39 is 0 Å². The SMILES string of the molecule is c1ccc(-c2noc(CSc3ncccn3)n2)cc1. The van der Waals surface area contributed by atoms with Gasteiger partial charge in [-0.25, -0.2) is 9.97 Å². The third-order valence-corrected chi connectivity index (χ3v) is 3.23. The molecule has 0 saturated heterocycles. The standard InChI is InChI=1S/C13H10N4OS/c1-2-5-10(6-3-1)12-16-11(18-17-12)9-19-13-14-7-4-8-15-13/h1-8H,9H2. The number of thioether (sulfide) groups is 1. The predicted molar refractivity (Wildman–Crippen MR) is 71.3 cm³/mol. The fourth-order valence-electron chi connectivity index (χ4n) is 1.50. The van der Waals surface area contributed by atoms with Crippen molar-refractivity contribution in [2.24, 2.45) is 0 Å². The molecule has 0 fully saturated rings. The molecule has 1 aromatic carbocycles. The van der Waals surface area contributed by atoms with E-state index in [9.17, 15) is 0 Å². The highest BCUT2D eigenvalue weighted by atomic mass is 32.2. The Hall–Kier alpha value is -2.21.